The summed E-state index contributed by atoms with van der Waals surface area (Å²) >= 11 is 19.5. The monoisotopic (exact) mass is 486 g/mol. The van der Waals surface area contributed by atoms with Gasteiger partial charge in [-0.2, -0.15) is 13.2 Å². The van der Waals surface area contributed by atoms with Gasteiger partial charge in [-0.25, -0.2) is 0 Å². The molecule has 30 heavy (non-hydrogen) atoms. The van der Waals surface area contributed by atoms with E-state index >= 15 is 0 Å². The van der Waals surface area contributed by atoms with Crippen molar-refractivity contribution < 1.29 is 13.2 Å². The minimum absolute atomic E-state index is 0.284. The average molecular weight is 487 g/mol. The SMILES string of the molecule is FC(F)(F)c1ccc([C@@H]2c3ccsc3CCN2C(=S)Nc2ccc(Cl)cc2Cl)cc1. The van der Waals surface area contributed by atoms with Crippen LogP contribution in [0.15, 0.2) is 53.9 Å². The van der Waals surface area contributed by atoms with Gasteiger partial charge < -0.3 is 10.2 Å². The fraction of sp³-hybridized carbons (Fsp3) is 0.190. The summed E-state index contributed by atoms with van der Waals surface area (Å²) in [6.45, 7) is 0.635. The molecule has 1 aromatic heterocycles. The number of nitrogens with zero attached hydrogens (tertiary/aromatic N) is 1. The lowest BCUT2D eigenvalue weighted by atomic mass is 9.93. The summed E-state index contributed by atoms with van der Waals surface area (Å²) < 4.78 is 39.0. The van der Waals surface area contributed by atoms with E-state index in [-0.39, 0.29) is 6.04 Å². The highest BCUT2D eigenvalue weighted by Gasteiger charge is 2.33. The Morgan fingerprint density at radius 3 is 2.50 bits per heavy atom. The van der Waals surface area contributed by atoms with Crippen LogP contribution in [0.1, 0.15) is 27.6 Å². The Kier molecular flexibility index (Phi) is 5.99. The van der Waals surface area contributed by atoms with Crippen LogP contribution in [0.4, 0.5) is 18.9 Å². The second kappa shape index (κ2) is 8.38. The number of anilines is 1. The number of hydrogen-bond donors (Lipinski definition) is 1. The molecule has 0 unspecified atom stereocenters. The third-order valence-electron chi connectivity index (χ3n) is 4.95. The first kappa shape index (κ1) is 21.4. The molecule has 0 amide bonds. The maximum atomic E-state index is 13.0. The number of fused-ring (bicyclic) bond motifs is 1. The van der Waals surface area contributed by atoms with Crippen molar-refractivity contribution in [2.75, 3.05) is 11.9 Å². The number of alkyl halides is 3. The van der Waals surface area contributed by atoms with Crippen molar-refractivity contribution in [3.8, 4) is 0 Å². The summed E-state index contributed by atoms with van der Waals surface area (Å²) in [5, 5.41) is 6.55. The van der Waals surface area contributed by atoms with E-state index < -0.39 is 11.7 Å². The van der Waals surface area contributed by atoms with Crippen molar-refractivity contribution in [2.45, 2.75) is 18.6 Å². The average Bonchev–Trinajstić information content (AvgIpc) is 3.17. The standard InChI is InChI=1S/C21H15Cl2F3N2S2/c22-14-5-6-17(16(23)11-14)27-20(29)28-9-7-18-15(8-10-30-18)19(28)12-1-3-13(4-2-12)21(24,25)26/h1-6,8,10-11,19H,7,9H2,(H,27,29)/t19-/m1/s1. The van der Waals surface area contributed by atoms with Gasteiger partial charge in [-0.05, 0) is 71.5 Å². The topological polar surface area (TPSA) is 15.3 Å². The van der Waals surface area contributed by atoms with Crippen molar-refractivity contribution in [3.05, 3.63) is 85.5 Å². The second-order valence-corrected chi connectivity index (χ2v) is 9.05. The van der Waals surface area contributed by atoms with Crippen LogP contribution in [-0.2, 0) is 12.6 Å². The fourth-order valence-electron chi connectivity index (χ4n) is 3.53. The van der Waals surface area contributed by atoms with Gasteiger partial charge in [0, 0.05) is 16.4 Å². The number of nitrogens with one attached hydrogen (secondary N) is 1. The second-order valence-electron chi connectivity index (χ2n) is 6.82. The highest BCUT2D eigenvalue weighted by atomic mass is 35.5. The molecule has 0 spiro atoms. The molecule has 1 aliphatic heterocycles. The lowest BCUT2D eigenvalue weighted by Gasteiger charge is -2.38. The van der Waals surface area contributed by atoms with Crippen LogP contribution < -0.4 is 5.32 Å². The molecular formula is C21H15Cl2F3N2S2. The summed E-state index contributed by atoms with van der Waals surface area (Å²) in [5.41, 5.74) is 1.74. The third-order valence-corrected chi connectivity index (χ3v) is 6.83. The lowest BCUT2D eigenvalue weighted by molar-refractivity contribution is -0.137. The van der Waals surface area contributed by atoms with E-state index in [0.717, 1.165) is 29.7 Å². The predicted octanol–water partition coefficient (Wildman–Crippen LogP) is 7.42. The first-order valence-corrected chi connectivity index (χ1v) is 11.0. The van der Waals surface area contributed by atoms with Gasteiger partial charge in [0.2, 0.25) is 0 Å². The van der Waals surface area contributed by atoms with Gasteiger partial charge in [-0.15, -0.1) is 11.3 Å². The van der Waals surface area contributed by atoms with Crippen LogP contribution in [0.3, 0.4) is 0 Å². The molecule has 2 aromatic carbocycles. The van der Waals surface area contributed by atoms with Crippen LogP contribution in [0.5, 0.6) is 0 Å². The predicted molar refractivity (Wildman–Crippen MR) is 121 cm³/mol. The smallest absolute Gasteiger partial charge is 0.337 e. The van der Waals surface area contributed by atoms with Gasteiger partial charge in [-0.1, -0.05) is 35.3 Å². The van der Waals surface area contributed by atoms with Gasteiger partial charge in [0.15, 0.2) is 5.11 Å². The van der Waals surface area contributed by atoms with Crippen LogP contribution in [-0.4, -0.2) is 16.6 Å². The highest BCUT2D eigenvalue weighted by molar-refractivity contribution is 7.80. The summed E-state index contributed by atoms with van der Waals surface area (Å²) in [7, 11) is 0. The zero-order chi connectivity index (χ0) is 21.5. The Labute approximate surface area is 191 Å². The molecule has 3 aromatic rings. The molecule has 0 aliphatic carbocycles. The fourth-order valence-corrected chi connectivity index (χ4v) is 5.19. The molecule has 4 rings (SSSR count). The Balaban J connectivity index is 1.67. The normalized spacial score (nSPS) is 16.3. The molecule has 2 heterocycles. The van der Waals surface area contributed by atoms with Crippen molar-refractivity contribution in [2.24, 2.45) is 0 Å². The van der Waals surface area contributed by atoms with E-state index in [4.69, 9.17) is 35.4 Å². The van der Waals surface area contributed by atoms with E-state index in [2.05, 4.69) is 5.32 Å². The Hall–Kier alpha value is -1.80. The Bertz CT molecular complexity index is 1080. The van der Waals surface area contributed by atoms with E-state index in [9.17, 15) is 13.2 Å². The summed E-state index contributed by atoms with van der Waals surface area (Å²) in [6, 6.07) is 12.1. The van der Waals surface area contributed by atoms with E-state index in [1.165, 1.54) is 17.0 Å². The van der Waals surface area contributed by atoms with Crippen molar-refractivity contribution >= 4 is 57.6 Å². The molecule has 0 saturated carbocycles. The van der Waals surface area contributed by atoms with Gasteiger partial charge in [0.25, 0.3) is 0 Å². The Morgan fingerprint density at radius 1 is 1.10 bits per heavy atom. The maximum absolute atomic E-state index is 13.0. The van der Waals surface area contributed by atoms with Gasteiger partial charge in [0.1, 0.15) is 0 Å². The third kappa shape index (κ3) is 4.30. The first-order valence-electron chi connectivity index (χ1n) is 9.00. The lowest BCUT2D eigenvalue weighted by Crippen LogP contribution is -2.42. The minimum atomic E-state index is -4.37. The van der Waals surface area contributed by atoms with E-state index in [0.29, 0.717) is 27.4 Å². The van der Waals surface area contributed by atoms with Crippen molar-refractivity contribution in [3.63, 3.8) is 0 Å². The first-order chi connectivity index (χ1) is 14.2. The molecule has 1 aliphatic rings. The molecule has 1 N–H and O–H groups in total. The molecular weight excluding hydrogens is 472 g/mol. The number of benzene rings is 2. The number of thiocarbonyl (C=S) groups is 1. The molecule has 2 nitrogen and oxygen atoms in total. The largest absolute Gasteiger partial charge is 0.416 e. The summed E-state index contributed by atoms with van der Waals surface area (Å²) in [4.78, 5) is 3.20. The summed E-state index contributed by atoms with van der Waals surface area (Å²) in [5.74, 6) is 0. The highest BCUT2D eigenvalue weighted by Crippen LogP contribution is 2.39. The molecule has 9 heteroatoms. The Morgan fingerprint density at radius 2 is 1.83 bits per heavy atom. The minimum Gasteiger partial charge on any atom is -0.337 e. The van der Waals surface area contributed by atoms with Crippen molar-refractivity contribution in [1.29, 1.82) is 0 Å². The number of hydrogen-bond acceptors (Lipinski definition) is 2. The van der Waals surface area contributed by atoms with Gasteiger partial charge in [0.05, 0.1) is 22.3 Å². The zero-order valence-electron chi connectivity index (χ0n) is 15.3. The number of thiophene rings is 1. The van der Waals surface area contributed by atoms with Crippen molar-refractivity contribution in [1.82, 2.24) is 4.90 Å². The van der Waals surface area contributed by atoms with Crippen LogP contribution in [0, 0.1) is 0 Å². The summed E-state index contributed by atoms with van der Waals surface area (Å²) in [6.07, 6.45) is -3.57. The quantitative estimate of drug-likeness (QED) is 0.379. The van der Waals surface area contributed by atoms with Gasteiger partial charge >= 0.3 is 6.18 Å². The van der Waals surface area contributed by atoms with E-state index in [1.807, 2.05) is 16.3 Å². The molecule has 0 fully saturated rings. The van der Waals surface area contributed by atoms with E-state index in [1.54, 1.807) is 29.5 Å². The number of halogens is 5. The van der Waals surface area contributed by atoms with Crippen LogP contribution in [0.2, 0.25) is 10.0 Å². The molecule has 0 radical (unpaired) electrons. The van der Waals surface area contributed by atoms with Crippen LogP contribution >= 0.6 is 46.8 Å². The molecule has 0 bridgehead atoms. The molecule has 0 saturated heterocycles. The zero-order valence-corrected chi connectivity index (χ0v) is 18.5. The van der Waals surface area contributed by atoms with Gasteiger partial charge in [-0.3, -0.25) is 0 Å². The maximum Gasteiger partial charge on any atom is 0.416 e. The van der Waals surface area contributed by atoms with Crippen LogP contribution in [0.25, 0.3) is 0 Å². The molecule has 1 atom stereocenters. The molecule has 156 valence electrons. The number of rotatable bonds is 2.